The fourth-order valence-corrected chi connectivity index (χ4v) is 1.82. The highest BCUT2D eigenvalue weighted by atomic mass is 35.5. The number of nitrogens with one attached hydrogen (secondary N) is 1. The van der Waals surface area contributed by atoms with E-state index in [0.717, 1.165) is 24.3 Å². The number of phenols is 1. The molecule has 0 saturated heterocycles. The van der Waals surface area contributed by atoms with Gasteiger partial charge in [-0.05, 0) is 30.3 Å². The van der Waals surface area contributed by atoms with Crippen LogP contribution < -0.4 is 5.32 Å². The van der Waals surface area contributed by atoms with Crippen LogP contribution in [0.25, 0.3) is 0 Å². The zero-order chi connectivity index (χ0) is 17.0. The second-order valence-corrected chi connectivity index (χ2v) is 4.85. The number of hydrogen-bond acceptors (Lipinski definition) is 4. The Labute approximate surface area is 134 Å². The first-order chi connectivity index (χ1) is 10.9. The van der Waals surface area contributed by atoms with Gasteiger partial charge in [0.15, 0.2) is 18.2 Å². The Morgan fingerprint density at radius 3 is 2.52 bits per heavy atom. The molecule has 2 rings (SSSR count). The van der Waals surface area contributed by atoms with Crippen molar-refractivity contribution in [3.05, 3.63) is 58.6 Å². The van der Waals surface area contributed by atoms with E-state index >= 15 is 0 Å². The molecule has 0 spiro atoms. The van der Waals surface area contributed by atoms with Gasteiger partial charge < -0.3 is 15.2 Å². The molecule has 5 nitrogen and oxygen atoms in total. The zero-order valence-electron chi connectivity index (χ0n) is 11.5. The molecule has 0 atom stereocenters. The molecule has 0 bridgehead atoms. The van der Waals surface area contributed by atoms with Crippen LogP contribution in [0, 0.1) is 11.6 Å². The topological polar surface area (TPSA) is 75.6 Å². The van der Waals surface area contributed by atoms with Crippen LogP contribution in [-0.2, 0) is 9.53 Å². The van der Waals surface area contributed by atoms with Gasteiger partial charge >= 0.3 is 5.97 Å². The Bertz CT molecular complexity index is 767. The van der Waals surface area contributed by atoms with Crippen LogP contribution in [0.15, 0.2) is 36.4 Å². The number of hydrogen-bond donors (Lipinski definition) is 2. The van der Waals surface area contributed by atoms with Gasteiger partial charge in [0, 0.05) is 16.8 Å². The monoisotopic (exact) mass is 341 g/mol. The van der Waals surface area contributed by atoms with Crippen LogP contribution in [-0.4, -0.2) is 23.6 Å². The summed E-state index contributed by atoms with van der Waals surface area (Å²) in [6.07, 6.45) is 0. The lowest BCUT2D eigenvalue weighted by Crippen LogP contribution is -2.21. The van der Waals surface area contributed by atoms with Crippen LogP contribution in [0.3, 0.4) is 0 Å². The third kappa shape index (κ3) is 4.40. The van der Waals surface area contributed by atoms with Crippen LogP contribution in [0.5, 0.6) is 5.75 Å². The van der Waals surface area contributed by atoms with Crippen LogP contribution in [0.2, 0.25) is 5.02 Å². The summed E-state index contributed by atoms with van der Waals surface area (Å²) < 4.78 is 30.5. The highest BCUT2D eigenvalue weighted by molar-refractivity contribution is 6.30. The average molecular weight is 342 g/mol. The molecule has 0 aliphatic rings. The number of ether oxygens (including phenoxy) is 1. The summed E-state index contributed by atoms with van der Waals surface area (Å²) in [4.78, 5) is 23.3. The molecular formula is C15H10ClF2NO4. The molecule has 0 unspecified atom stereocenters. The highest BCUT2D eigenvalue weighted by Crippen LogP contribution is 2.22. The van der Waals surface area contributed by atoms with Gasteiger partial charge in [-0.1, -0.05) is 11.6 Å². The van der Waals surface area contributed by atoms with E-state index in [9.17, 15) is 23.5 Å². The molecule has 0 aliphatic carbocycles. The predicted molar refractivity (Wildman–Crippen MR) is 78.4 cm³/mol. The van der Waals surface area contributed by atoms with Crippen LogP contribution >= 0.6 is 11.6 Å². The fraction of sp³-hybridized carbons (Fsp3) is 0.0667. The molecule has 0 heterocycles. The molecule has 2 aromatic carbocycles. The van der Waals surface area contributed by atoms with Gasteiger partial charge in [0.2, 0.25) is 0 Å². The Morgan fingerprint density at radius 1 is 1.13 bits per heavy atom. The molecule has 0 saturated carbocycles. The first kappa shape index (κ1) is 16.7. The van der Waals surface area contributed by atoms with Gasteiger partial charge in [-0.25, -0.2) is 13.6 Å². The van der Waals surface area contributed by atoms with Crippen LogP contribution in [0.4, 0.5) is 14.5 Å². The van der Waals surface area contributed by atoms with Crippen molar-refractivity contribution in [2.45, 2.75) is 0 Å². The summed E-state index contributed by atoms with van der Waals surface area (Å²) in [5.74, 6) is -4.24. The van der Waals surface area contributed by atoms with E-state index in [-0.39, 0.29) is 22.0 Å². The predicted octanol–water partition coefficient (Wildman–Crippen LogP) is 3.12. The minimum absolute atomic E-state index is 0.0132. The highest BCUT2D eigenvalue weighted by Gasteiger charge is 2.15. The number of rotatable bonds is 4. The summed E-state index contributed by atoms with van der Waals surface area (Å²) in [7, 11) is 0. The van der Waals surface area contributed by atoms with Gasteiger partial charge in [0.1, 0.15) is 11.3 Å². The maximum atomic E-state index is 13.0. The van der Waals surface area contributed by atoms with E-state index in [2.05, 4.69) is 5.32 Å². The van der Waals surface area contributed by atoms with Gasteiger partial charge in [0.05, 0.1) is 0 Å². The molecule has 2 aromatic rings. The number of amides is 1. The Kier molecular flexibility index (Phi) is 5.13. The number of aromatic hydroxyl groups is 1. The number of benzene rings is 2. The van der Waals surface area contributed by atoms with Crippen molar-refractivity contribution in [1.82, 2.24) is 0 Å². The standard InChI is InChI=1S/C15H10ClF2NO4/c16-8-1-3-10(13(20)5-8)15(22)23-7-14(21)19-9-2-4-11(17)12(18)6-9/h1-6,20H,7H2,(H,19,21). The second-order valence-electron chi connectivity index (χ2n) is 4.41. The summed E-state index contributed by atoms with van der Waals surface area (Å²) >= 11 is 5.63. The molecule has 120 valence electrons. The molecular weight excluding hydrogens is 332 g/mol. The minimum Gasteiger partial charge on any atom is -0.507 e. The summed E-state index contributed by atoms with van der Waals surface area (Å²) in [6, 6.07) is 6.57. The average Bonchev–Trinajstić information content (AvgIpc) is 2.48. The van der Waals surface area contributed by atoms with Gasteiger partial charge in [-0.15, -0.1) is 0 Å². The van der Waals surface area contributed by atoms with Crippen molar-refractivity contribution < 1.29 is 28.2 Å². The third-order valence-corrected chi connectivity index (χ3v) is 2.95. The minimum atomic E-state index is -1.12. The molecule has 1 amide bonds. The van der Waals surface area contributed by atoms with E-state index in [0.29, 0.717) is 0 Å². The zero-order valence-corrected chi connectivity index (χ0v) is 12.2. The number of anilines is 1. The first-order valence-corrected chi connectivity index (χ1v) is 6.65. The fourth-order valence-electron chi connectivity index (χ4n) is 1.66. The summed E-state index contributed by atoms with van der Waals surface area (Å²) in [5.41, 5.74) is -0.144. The lowest BCUT2D eigenvalue weighted by molar-refractivity contribution is -0.119. The maximum absolute atomic E-state index is 13.0. The number of carbonyl (C=O) groups excluding carboxylic acids is 2. The van der Waals surface area contributed by atoms with Crippen molar-refractivity contribution in [3.63, 3.8) is 0 Å². The molecule has 0 aromatic heterocycles. The van der Waals surface area contributed by atoms with Crippen LogP contribution in [0.1, 0.15) is 10.4 Å². The van der Waals surface area contributed by atoms with Gasteiger partial charge in [0.25, 0.3) is 5.91 Å². The Morgan fingerprint density at radius 2 is 1.87 bits per heavy atom. The van der Waals surface area contributed by atoms with Crippen molar-refractivity contribution >= 4 is 29.2 Å². The normalized spacial score (nSPS) is 10.2. The van der Waals surface area contributed by atoms with E-state index in [1.807, 2.05) is 0 Å². The van der Waals surface area contributed by atoms with Crippen molar-refractivity contribution in [2.75, 3.05) is 11.9 Å². The quantitative estimate of drug-likeness (QED) is 0.838. The van der Waals surface area contributed by atoms with E-state index in [1.54, 1.807) is 0 Å². The Hall–Kier alpha value is -2.67. The molecule has 8 heteroatoms. The van der Waals surface area contributed by atoms with E-state index in [1.165, 1.54) is 12.1 Å². The molecule has 0 aliphatic heterocycles. The van der Waals surface area contributed by atoms with Crippen molar-refractivity contribution in [1.29, 1.82) is 0 Å². The smallest absolute Gasteiger partial charge is 0.342 e. The largest absolute Gasteiger partial charge is 0.507 e. The molecule has 0 radical (unpaired) electrons. The number of carbonyl (C=O) groups is 2. The number of esters is 1. The van der Waals surface area contributed by atoms with Crippen molar-refractivity contribution in [3.8, 4) is 5.75 Å². The lowest BCUT2D eigenvalue weighted by Gasteiger charge is -2.08. The number of phenolic OH excluding ortho intramolecular Hbond substituents is 1. The van der Waals surface area contributed by atoms with E-state index < -0.39 is 30.1 Å². The molecule has 0 fully saturated rings. The maximum Gasteiger partial charge on any atom is 0.342 e. The molecule has 23 heavy (non-hydrogen) atoms. The molecule has 2 N–H and O–H groups in total. The van der Waals surface area contributed by atoms with Gasteiger partial charge in [-0.2, -0.15) is 0 Å². The summed E-state index contributed by atoms with van der Waals surface area (Å²) in [6.45, 7) is -0.667. The second kappa shape index (κ2) is 7.06. The van der Waals surface area contributed by atoms with E-state index in [4.69, 9.17) is 16.3 Å². The first-order valence-electron chi connectivity index (χ1n) is 6.27. The number of halogens is 3. The lowest BCUT2D eigenvalue weighted by atomic mass is 10.2. The van der Waals surface area contributed by atoms with Crippen molar-refractivity contribution in [2.24, 2.45) is 0 Å². The Balaban J connectivity index is 1.93. The SMILES string of the molecule is O=C(COC(=O)c1ccc(Cl)cc1O)Nc1ccc(F)c(F)c1. The third-order valence-electron chi connectivity index (χ3n) is 2.72. The summed E-state index contributed by atoms with van der Waals surface area (Å²) in [5, 5.41) is 12.0. The van der Waals surface area contributed by atoms with Gasteiger partial charge in [-0.3, -0.25) is 4.79 Å².